The number of alkyl halides is 3. The monoisotopic (exact) mass is 397 g/mol. The molecule has 1 saturated heterocycles. The summed E-state index contributed by atoms with van der Waals surface area (Å²) in [5, 5.41) is 0. The summed E-state index contributed by atoms with van der Waals surface area (Å²) >= 11 is 0. The Hall–Kier alpha value is -2.61. The molecule has 0 aliphatic carbocycles. The van der Waals surface area contributed by atoms with Gasteiger partial charge in [-0.15, -0.1) is 13.2 Å². The third-order valence-electron chi connectivity index (χ3n) is 4.55. The summed E-state index contributed by atoms with van der Waals surface area (Å²) in [6, 6.07) is 13.7. The van der Waals surface area contributed by atoms with Crippen LogP contribution in [-0.4, -0.2) is 30.0 Å². The average molecular weight is 397 g/mol. The van der Waals surface area contributed by atoms with Gasteiger partial charge in [-0.25, -0.2) is 9.18 Å². The number of benzene rings is 2. The first-order valence-electron chi connectivity index (χ1n) is 8.79. The van der Waals surface area contributed by atoms with Crippen molar-refractivity contribution in [3.8, 4) is 0 Å². The van der Waals surface area contributed by atoms with Gasteiger partial charge in [-0.1, -0.05) is 42.5 Å². The van der Waals surface area contributed by atoms with Gasteiger partial charge >= 0.3 is 12.5 Å². The van der Waals surface area contributed by atoms with Crippen LogP contribution in [0.2, 0.25) is 0 Å². The van der Waals surface area contributed by atoms with Crippen LogP contribution in [0.4, 0.5) is 22.4 Å². The molecule has 1 aliphatic rings. The summed E-state index contributed by atoms with van der Waals surface area (Å²) in [4.78, 5) is 13.9. The SMILES string of the molecule is O=C(OCc1ccccc1)N1CC[C@@H](OC(F)(F)F)C[C@@H]1c1ccc(F)cc1. The van der Waals surface area contributed by atoms with Crippen LogP contribution in [0.1, 0.15) is 30.0 Å². The van der Waals surface area contributed by atoms with Gasteiger partial charge < -0.3 is 9.64 Å². The standard InChI is InChI=1S/C20H19F4NO3/c21-16-8-6-15(7-9-16)18-12-17(28-20(22,23)24)10-11-25(18)19(26)27-13-14-4-2-1-3-5-14/h1-9,17-18H,10-13H2/t17-,18-/m1/s1. The Morgan fingerprint density at radius 3 is 2.39 bits per heavy atom. The van der Waals surface area contributed by atoms with Crippen molar-refractivity contribution in [2.75, 3.05) is 6.54 Å². The van der Waals surface area contributed by atoms with E-state index >= 15 is 0 Å². The molecule has 150 valence electrons. The fourth-order valence-corrected chi connectivity index (χ4v) is 3.25. The Morgan fingerprint density at radius 2 is 1.75 bits per heavy atom. The van der Waals surface area contributed by atoms with Crippen molar-refractivity contribution in [2.24, 2.45) is 0 Å². The molecular weight excluding hydrogens is 378 g/mol. The predicted octanol–water partition coefficient (Wildman–Crippen LogP) is 5.20. The minimum absolute atomic E-state index is 0.0254. The van der Waals surface area contributed by atoms with Crippen molar-refractivity contribution in [2.45, 2.75) is 38.0 Å². The molecule has 2 aromatic rings. The molecule has 3 rings (SSSR count). The number of hydrogen-bond acceptors (Lipinski definition) is 3. The van der Waals surface area contributed by atoms with E-state index in [1.54, 1.807) is 12.1 Å². The van der Waals surface area contributed by atoms with E-state index < -0.39 is 30.4 Å². The number of amides is 1. The van der Waals surface area contributed by atoms with Gasteiger partial charge in [0.15, 0.2) is 0 Å². The number of piperidine rings is 1. The molecule has 1 fully saturated rings. The number of ether oxygens (including phenoxy) is 2. The molecule has 0 saturated carbocycles. The predicted molar refractivity (Wildman–Crippen MR) is 92.6 cm³/mol. The van der Waals surface area contributed by atoms with Gasteiger partial charge in [0.05, 0.1) is 12.1 Å². The van der Waals surface area contributed by atoms with Crippen LogP contribution in [-0.2, 0) is 16.1 Å². The largest absolute Gasteiger partial charge is 0.522 e. The lowest BCUT2D eigenvalue weighted by molar-refractivity contribution is -0.346. The normalized spacial score (nSPS) is 20.1. The van der Waals surface area contributed by atoms with E-state index in [2.05, 4.69) is 4.74 Å². The van der Waals surface area contributed by atoms with E-state index in [4.69, 9.17) is 4.74 Å². The second-order valence-electron chi connectivity index (χ2n) is 6.51. The average Bonchev–Trinajstić information content (AvgIpc) is 2.66. The van der Waals surface area contributed by atoms with Gasteiger partial charge in [-0.3, -0.25) is 4.74 Å². The first-order valence-corrected chi connectivity index (χ1v) is 8.79. The molecule has 1 aliphatic heterocycles. The summed E-state index contributed by atoms with van der Waals surface area (Å²) in [5.41, 5.74) is 1.32. The zero-order valence-corrected chi connectivity index (χ0v) is 14.9. The van der Waals surface area contributed by atoms with Gasteiger partial charge in [0.25, 0.3) is 0 Å². The fourth-order valence-electron chi connectivity index (χ4n) is 3.25. The summed E-state index contributed by atoms with van der Waals surface area (Å²) in [6.07, 6.45) is -6.52. The fraction of sp³-hybridized carbons (Fsp3) is 0.350. The minimum Gasteiger partial charge on any atom is -0.445 e. The van der Waals surface area contributed by atoms with E-state index in [-0.39, 0.29) is 26.0 Å². The van der Waals surface area contributed by atoms with Crippen molar-refractivity contribution in [1.29, 1.82) is 0 Å². The van der Waals surface area contributed by atoms with Gasteiger partial charge in [0.1, 0.15) is 12.4 Å². The lowest BCUT2D eigenvalue weighted by Gasteiger charge is -2.39. The molecule has 1 amide bonds. The molecule has 0 bridgehead atoms. The number of likely N-dealkylation sites (tertiary alicyclic amines) is 1. The van der Waals surface area contributed by atoms with Gasteiger partial charge in [-0.2, -0.15) is 0 Å². The highest BCUT2D eigenvalue weighted by Crippen LogP contribution is 2.35. The first kappa shape index (κ1) is 20.1. The minimum atomic E-state index is -4.76. The second-order valence-corrected chi connectivity index (χ2v) is 6.51. The Labute approximate surface area is 159 Å². The molecule has 0 unspecified atom stereocenters. The lowest BCUT2D eigenvalue weighted by atomic mass is 9.93. The van der Waals surface area contributed by atoms with Crippen molar-refractivity contribution in [1.82, 2.24) is 4.90 Å². The number of hydrogen-bond donors (Lipinski definition) is 0. The highest BCUT2D eigenvalue weighted by molar-refractivity contribution is 5.68. The van der Waals surface area contributed by atoms with Crippen LogP contribution in [0.5, 0.6) is 0 Å². The number of carbonyl (C=O) groups excluding carboxylic acids is 1. The zero-order chi connectivity index (χ0) is 20.1. The number of halogens is 4. The smallest absolute Gasteiger partial charge is 0.445 e. The van der Waals surface area contributed by atoms with Crippen LogP contribution in [0, 0.1) is 5.82 Å². The lowest BCUT2D eigenvalue weighted by Crippen LogP contribution is -2.44. The van der Waals surface area contributed by atoms with E-state index in [0.717, 1.165) is 5.56 Å². The van der Waals surface area contributed by atoms with E-state index in [9.17, 15) is 22.4 Å². The summed E-state index contributed by atoms with van der Waals surface area (Å²) in [7, 11) is 0. The first-order chi connectivity index (χ1) is 13.3. The summed E-state index contributed by atoms with van der Waals surface area (Å²) in [5.74, 6) is -0.471. The number of nitrogens with zero attached hydrogens (tertiary/aromatic N) is 1. The quantitative estimate of drug-likeness (QED) is 0.666. The summed E-state index contributed by atoms with van der Waals surface area (Å²) in [6.45, 7) is 0.0885. The van der Waals surface area contributed by atoms with Crippen LogP contribution in [0.25, 0.3) is 0 Å². The van der Waals surface area contributed by atoms with Crippen LogP contribution in [0.3, 0.4) is 0 Å². The van der Waals surface area contributed by atoms with Crippen molar-refractivity contribution in [3.05, 3.63) is 71.5 Å². The molecule has 4 nitrogen and oxygen atoms in total. The molecule has 1 heterocycles. The maximum Gasteiger partial charge on any atom is 0.522 e. The van der Waals surface area contributed by atoms with E-state index in [1.165, 1.54) is 29.2 Å². The van der Waals surface area contributed by atoms with Crippen molar-refractivity contribution < 1.29 is 31.8 Å². The molecule has 0 aromatic heterocycles. The highest BCUT2D eigenvalue weighted by atomic mass is 19.4. The molecule has 28 heavy (non-hydrogen) atoms. The molecular formula is C20H19F4NO3. The Bertz CT molecular complexity index is 780. The maximum atomic E-state index is 13.2. The zero-order valence-electron chi connectivity index (χ0n) is 14.9. The number of rotatable bonds is 4. The Morgan fingerprint density at radius 1 is 1.07 bits per heavy atom. The summed E-state index contributed by atoms with van der Waals surface area (Å²) < 4.78 is 60.6. The van der Waals surface area contributed by atoms with E-state index in [1.807, 2.05) is 18.2 Å². The maximum absolute atomic E-state index is 13.2. The highest BCUT2D eigenvalue weighted by Gasteiger charge is 2.40. The van der Waals surface area contributed by atoms with Crippen LogP contribution < -0.4 is 0 Å². The molecule has 0 radical (unpaired) electrons. The van der Waals surface area contributed by atoms with E-state index in [0.29, 0.717) is 5.56 Å². The Balaban J connectivity index is 1.73. The molecule has 2 aromatic carbocycles. The molecule has 2 atom stereocenters. The molecule has 0 spiro atoms. The van der Waals surface area contributed by atoms with Crippen molar-refractivity contribution >= 4 is 6.09 Å². The van der Waals surface area contributed by atoms with Gasteiger partial charge in [0, 0.05) is 6.54 Å². The molecule has 0 N–H and O–H groups in total. The van der Waals surface area contributed by atoms with Crippen LogP contribution >= 0.6 is 0 Å². The van der Waals surface area contributed by atoms with Gasteiger partial charge in [0.2, 0.25) is 0 Å². The van der Waals surface area contributed by atoms with Crippen LogP contribution in [0.15, 0.2) is 54.6 Å². The Kier molecular flexibility index (Phi) is 6.18. The molecule has 8 heteroatoms. The topological polar surface area (TPSA) is 38.8 Å². The second kappa shape index (κ2) is 8.60. The third kappa shape index (κ3) is 5.45. The number of carbonyl (C=O) groups is 1. The van der Waals surface area contributed by atoms with Gasteiger partial charge in [-0.05, 0) is 36.1 Å². The third-order valence-corrected chi connectivity index (χ3v) is 4.55. The van der Waals surface area contributed by atoms with Crippen molar-refractivity contribution in [3.63, 3.8) is 0 Å².